The first-order valence-corrected chi connectivity index (χ1v) is 5.09. The first kappa shape index (κ1) is 9.64. The van der Waals surface area contributed by atoms with Crippen LogP contribution >= 0.6 is 11.3 Å². The molecule has 68 valence electrons. The lowest BCUT2D eigenvalue weighted by atomic mass is 10.3. The van der Waals surface area contributed by atoms with Crippen molar-refractivity contribution in [1.29, 1.82) is 0 Å². The topological polar surface area (TPSA) is 50.9 Å². The lowest BCUT2D eigenvalue weighted by Crippen LogP contribution is -2.15. The van der Waals surface area contributed by atoms with E-state index in [9.17, 15) is 0 Å². The molecule has 4 heteroatoms. The SMILES string of the molecule is NCCCCNCc1cncs1. The molecule has 0 spiro atoms. The number of unbranched alkanes of at least 4 members (excludes halogenated alkanes) is 1. The van der Waals surface area contributed by atoms with Crippen LogP contribution in [0.4, 0.5) is 0 Å². The van der Waals surface area contributed by atoms with Crippen LogP contribution in [0.1, 0.15) is 17.7 Å². The molecule has 1 aromatic heterocycles. The highest BCUT2D eigenvalue weighted by atomic mass is 32.1. The maximum Gasteiger partial charge on any atom is 0.0794 e. The standard InChI is InChI=1S/C8H15N3S/c9-3-1-2-4-10-5-8-6-11-7-12-8/h6-7,10H,1-5,9H2. The van der Waals surface area contributed by atoms with Gasteiger partial charge in [0.1, 0.15) is 0 Å². The van der Waals surface area contributed by atoms with Crippen LogP contribution in [0.2, 0.25) is 0 Å². The Morgan fingerprint density at radius 1 is 1.50 bits per heavy atom. The van der Waals surface area contributed by atoms with Gasteiger partial charge in [-0.3, -0.25) is 4.98 Å². The first-order valence-electron chi connectivity index (χ1n) is 4.21. The van der Waals surface area contributed by atoms with E-state index in [0.717, 1.165) is 32.5 Å². The summed E-state index contributed by atoms with van der Waals surface area (Å²) >= 11 is 1.69. The van der Waals surface area contributed by atoms with Crippen molar-refractivity contribution < 1.29 is 0 Å². The van der Waals surface area contributed by atoms with Crippen molar-refractivity contribution in [2.24, 2.45) is 5.73 Å². The van der Waals surface area contributed by atoms with Gasteiger partial charge >= 0.3 is 0 Å². The minimum absolute atomic E-state index is 0.794. The third kappa shape index (κ3) is 3.80. The lowest BCUT2D eigenvalue weighted by Gasteiger charge is -2.00. The number of hydrogen-bond donors (Lipinski definition) is 2. The van der Waals surface area contributed by atoms with Gasteiger partial charge in [0, 0.05) is 17.6 Å². The van der Waals surface area contributed by atoms with E-state index in [-0.39, 0.29) is 0 Å². The molecule has 0 atom stereocenters. The highest BCUT2D eigenvalue weighted by Gasteiger charge is 1.92. The minimum Gasteiger partial charge on any atom is -0.330 e. The van der Waals surface area contributed by atoms with Crippen LogP contribution in [-0.2, 0) is 6.54 Å². The third-order valence-electron chi connectivity index (χ3n) is 1.59. The van der Waals surface area contributed by atoms with Gasteiger partial charge in [-0.25, -0.2) is 0 Å². The average Bonchev–Trinajstić information content (AvgIpc) is 2.57. The summed E-state index contributed by atoms with van der Waals surface area (Å²) in [5.74, 6) is 0. The van der Waals surface area contributed by atoms with Gasteiger partial charge < -0.3 is 11.1 Å². The second-order valence-corrected chi connectivity index (χ2v) is 3.61. The second kappa shape index (κ2) is 6.11. The van der Waals surface area contributed by atoms with E-state index in [0.29, 0.717) is 0 Å². The molecule has 0 aliphatic carbocycles. The van der Waals surface area contributed by atoms with Crippen LogP contribution in [0.25, 0.3) is 0 Å². The Morgan fingerprint density at radius 2 is 2.42 bits per heavy atom. The fourth-order valence-corrected chi connectivity index (χ4v) is 1.50. The summed E-state index contributed by atoms with van der Waals surface area (Å²) in [5, 5.41) is 3.34. The summed E-state index contributed by atoms with van der Waals surface area (Å²) < 4.78 is 0. The molecule has 1 aromatic rings. The van der Waals surface area contributed by atoms with E-state index in [1.165, 1.54) is 4.88 Å². The van der Waals surface area contributed by atoms with Gasteiger partial charge in [0.05, 0.1) is 5.51 Å². The van der Waals surface area contributed by atoms with Crippen molar-refractivity contribution in [3.63, 3.8) is 0 Å². The molecule has 0 saturated heterocycles. The minimum atomic E-state index is 0.794. The molecule has 0 saturated carbocycles. The summed E-state index contributed by atoms with van der Waals surface area (Å²) in [6.07, 6.45) is 4.17. The normalized spacial score (nSPS) is 10.4. The summed E-state index contributed by atoms with van der Waals surface area (Å²) in [5.41, 5.74) is 7.23. The van der Waals surface area contributed by atoms with Crippen LogP contribution in [0, 0.1) is 0 Å². The molecule has 0 fully saturated rings. The molecule has 0 aliphatic heterocycles. The quantitative estimate of drug-likeness (QED) is 0.649. The molecular weight excluding hydrogens is 170 g/mol. The molecule has 0 aliphatic rings. The highest BCUT2D eigenvalue weighted by molar-refractivity contribution is 7.09. The fourth-order valence-electron chi connectivity index (χ4n) is 0.935. The van der Waals surface area contributed by atoms with Crippen molar-refractivity contribution in [2.75, 3.05) is 13.1 Å². The Hall–Kier alpha value is -0.450. The Labute approximate surface area is 77.0 Å². The third-order valence-corrected chi connectivity index (χ3v) is 2.37. The van der Waals surface area contributed by atoms with E-state index in [1.807, 2.05) is 11.7 Å². The number of rotatable bonds is 6. The van der Waals surface area contributed by atoms with E-state index >= 15 is 0 Å². The molecule has 3 nitrogen and oxygen atoms in total. The Balaban J connectivity index is 1.96. The van der Waals surface area contributed by atoms with Crippen molar-refractivity contribution in [1.82, 2.24) is 10.3 Å². The molecule has 3 N–H and O–H groups in total. The van der Waals surface area contributed by atoms with Crippen molar-refractivity contribution in [3.8, 4) is 0 Å². The molecule has 0 bridgehead atoms. The van der Waals surface area contributed by atoms with Crippen LogP contribution in [0.5, 0.6) is 0 Å². The fraction of sp³-hybridized carbons (Fsp3) is 0.625. The smallest absolute Gasteiger partial charge is 0.0794 e. The zero-order chi connectivity index (χ0) is 8.65. The lowest BCUT2D eigenvalue weighted by molar-refractivity contribution is 0.631. The number of aromatic nitrogens is 1. The van der Waals surface area contributed by atoms with E-state index in [4.69, 9.17) is 5.73 Å². The zero-order valence-corrected chi connectivity index (χ0v) is 7.94. The van der Waals surface area contributed by atoms with Gasteiger partial charge in [-0.2, -0.15) is 0 Å². The number of hydrogen-bond acceptors (Lipinski definition) is 4. The molecule has 0 radical (unpaired) electrons. The van der Waals surface area contributed by atoms with Crippen molar-refractivity contribution >= 4 is 11.3 Å². The monoisotopic (exact) mass is 185 g/mol. The van der Waals surface area contributed by atoms with E-state index in [1.54, 1.807) is 11.3 Å². The molecule has 12 heavy (non-hydrogen) atoms. The zero-order valence-electron chi connectivity index (χ0n) is 7.12. The van der Waals surface area contributed by atoms with Crippen LogP contribution in [0.15, 0.2) is 11.7 Å². The van der Waals surface area contributed by atoms with Gasteiger partial charge in [-0.15, -0.1) is 11.3 Å². The van der Waals surface area contributed by atoms with Gasteiger partial charge in [-0.1, -0.05) is 0 Å². The maximum absolute atomic E-state index is 5.37. The Kier molecular flexibility index (Phi) is 4.91. The average molecular weight is 185 g/mol. The number of nitrogens with one attached hydrogen (secondary N) is 1. The molecule has 0 aromatic carbocycles. The number of thiazole rings is 1. The molecule has 1 heterocycles. The van der Waals surface area contributed by atoms with Crippen molar-refractivity contribution in [3.05, 3.63) is 16.6 Å². The van der Waals surface area contributed by atoms with Crippen LogP contribution < -0.4 is 11.1 Å². The van der Waals surface area contributed by atoms with Gasteiger partial charge in [0.2, 0.25) is 0 Å². The maximum atomic E-state index is 5.37. The van der Waals surface area contributed by atoms with E-state index in [2.05, 4.69) is 10.3 Å². The first-order chi connectivity index (χ1) is 5.93. The van der Waals surface area contributed by atoms with Gasteiger partial charge in [-0.05, 0) is 25.9 Å². The second-order valence-electron chi connectivity index (χ2n) is 2.64. The summed E-state index contributed by atoms with van der Waals surface area (Å²) in [4.78, 5) is 5.29. The molecule has 0 unspecified atom stereocenters. The molecular formula is C8H15N3S. The number of nitrogens with two attached hydrogens (primary N) is 1. The predicted octanol–water partition coefficient (Wildman–Crippen LogP) is 0.972. The molecule has 0 amide bonds. The molecule has 1 rings (SSSR count). The summed E-state index contributed by atoms with van der Waals surface area (Å²) in [7, 11) is 0. The van der Waals surface area contributed by atoms with E-state index < -0.39 is 0 Å². The van der Waals surface area contributed by atoms with Crippen LogP contribution in [0.3, 0.4) is 0 Å². The van der Waals surface area contributed by atoms with Crippen LogP contribution in [-0.4, -0.2) is 18.1 Å². The Bertz CT molecular complexity index is 186. The van der Waals surface area contributed by atoms with Gasteiger partial charge in [0.15, 0.2) is 0 Å². The Morgan fingerprint density at radius 3 is 3.08 bits per heavy atom. The summed E-state index contributed by atoms with van der Waals surface area (Å²) in [6.45, 7) is 2.78. The largest absolute Gasteiger partial charge is 0.330 e. The predicted molar refractivity (Wildman–Crippen MR) is 52.1 cm³/mol. The summed E-state index contributed by atoms with van der Waals surface area (Å²) in [6, 6.07) is 0. The van der Waals surface area contributed by atoms with Gasteiger partial charge in [0.25, 0.3) is 0 Å². The van der Waals surface area contributed by atoms with Crippen molar-refractivity contribution in [2.45, 2.75) is 19.4 Å². The number of nitrogens with zero attached hydrogens (tertiary/aromatic N) is 1. The highest BCUT2D eigenvalue weighted by Crippen LogP contribution is 2.03.